The second-order valence-electron chi connectivity index (χ2n) is 11.3. The minimum Gasteiger partial charge on any atom is -0.366 e. The summed E-state index contributed by atoms with van der Waals surface area (Å²) < 4.78 is 28.5. The summed E-state index contributed by atoms with van der Waals surface area (Å²) in [5.74, 6) is -0.158. The van der Waals surface area contributed by atoms with Crippen LogP contribution >= 0.6 is 11.6 Å². The van der Waals surface area contributed by atoms with E-state index in [4.69, 9.17) is 11.6 Å². The number of nitrogens with zero attached hydrogens (tertiary/aromatic N) is 5. The van der Waals surface area contributed by atoms with Gasteiger partial charge in [-0.25, -0.2) is 8.78 Å². The highest BCUT2D eigenvalue weighted by atomic mass is 35.5. The second kappa shape index (κ2) is 10.1. The monoisotopic (exact) mass is 568 g/mol. The predicted molar refractivity (Wildman–Crippen MR) is 148 cm³/mol. The van der Waals surface area contributed by atoms with Crippen molar-refractivity contribution in [1.29, 1.82) is 0 Å². The first-order valence-corrected chi connectivity index (χ1v) is 13.9. The Morgan fingerprint density at radius 1 is 1.18 bits per heavy atom. The summed E-state index contributed by atoms with van der Waals surface area (Å²) in [7, 11) is 1.88. The molecule has 3 aromatic rings. The van der Waals surface area contributed by atoms with Gasteiger partial charge in [-0.2, -0.15) is 5.10 Å². The van der Waals surface area contributed by atoms with Crippen LogP contribution in [0.4, 0.5) is 20.2 Å². The second-order valence-corrected chi connectivity index (χ2v) is 11.8. The van der Waals surface area contributed by atoms with E-state index in [1.807, 2.05) is 24.3 Å². The highest BCUT2D eigenvalue weighted by molar-refractivity contribution is 6.30. The minimum absolute atomic E-state index is 0.136. The molecule has 0 radical (unpaired) electrons. The van der Waals surface area contributed by atoms with Crippen LogP contribution in [0.25, 0.3) is 0 Å². The molecule has 3 aliphatic rings. The third kappa shape index (κ3) is 4.62. The van der Waals surface area contributed by atoms with Gasteiger partial charge in [0.2, 0.25) is 5.91 Å². The Morgan fingerprint density at radius 2 is 1.93 bits per heavy atom. The number of carbonyl (C=O) groups excluding carboxylic acids is 2. The Labute approximate surface area is 236 Å². The van der Waals surface area contributed by atoms with Crippen molar-refractivity contribution < 1.29 is 18.4 Å². The molecule has 0 bridgehead atoms. The number of amides is 2. The van der Waals surface area contributed by atoms with E-state index in [1.54, 1.807) is 4.68 Å². The number of carbonyl (C=O) groups is 2. The zero-order valence-corrected chi connectivity index (χ0v) is 23.2. The van der Waals surface area contributed by atoms with Crippen molar-refractivity contribution in [2.24, 2.45) is 13.0 Å². The lowest BCUT2D eigenvalue weighted by atomic mass is 9.74. The van der Waals surface area contributed by atoms with Gasteiger partial charge in [-0.05, 0) is 56.2 Å². The van der Waals surface area contributed by atoms with Gasteiger partial charge < -0.3 is 15.1 Å². The van der Waals surface area contributed by atoms with Gasteiger partial charge in [0.1, 0.15) is 11.1 Å². The molecule has 2 aromatic heterocycles. The van der Waals surface area contributed by atoms with Crippen molar-refractivity contribution in [2.45, 2.75) is 50.5 Å². The molecular formula is C29H31ClF2N6O2. The van der Waals surface area contributed by atoms with Crippen molar-refractivity contribution in [2.75, 3.05) is 29.4 Å². The van der Waals surface area contributed by atoms with E-state index >= 15 is 0 Å². The molecule has 40 heavy (non-hydrogen) atoms. The number of hydrogen-bond donors (Lipinski definition) is 1. The number of aryl methyl sites for hydroxylation is 2. The maximum Gasteiger partial charge on any atom is 0.281 e. The maximum absolute atomic E-state index is 14.0. The molecule has 1 spiro atoms. The fraction of sp³-hybridized carbons (Fsp3) is 0.448. The fourth-order valence-corrected chi connectivity index (χ4v) is 6.57. The molecule has 4 heterocycles. The average molecular weight is 569 g/mol. The van der Waals surface area contributed by atoms with Crippen molar-refractivity contribution in [3.63, 3.8) is 0 Å². The van der Waals surface area contributed by atoms with E-state index in [9.17, 15) is 18.4 Å². The van der Waals surface area contributed by atoms with Gasteiger partial charge in [-0.15, -0.1) is 0 Å². The molecule has 1 aliphatic carbocycles. The van der Waals surface area contributed by atoms with Crippen LogP contribution < -0.4 is 15.1 Å². The summed E-state index contributed by atoms with van der Waals surface area (Å²) in [6, 6.07) is 7.37. The molecule has 8 nitrogen and oxygen atoms in total. The Morgan fingerprint density at radius 3 is 2.60 bits per heavy atom. The molecule has 0 unspecified atom stereocenters. The number of fused-ring (bicyclic) bond motifs is 2. The SMILES string of the molecule is Cc1ccc2c(c1)C1(CN(c3cnn(C)c3)C1)C(=O)N2C[C@H]1CC[C@H](NC(=O)c2cc(Cl)cnc2C(F)F)CC1. The summed E-state index contributed by atoms with van der Waals surface area (Å²) in [4.78, 5) is 34.6. The molecule has 1 N–H and O–H groups in total. The Hall–Kier alpha value is -3.53. The number of alkyl halides is 2. The van der Waals surface area contributed by atoms with Crippen LogP contribution in [0.5, 0.6) is 0 Å². The topological polar surface area (TPSA) is 83.4 Å². The first kappa shape index (κ1) is 26.7. The quantitative estimate of drug-likeness (QED) is 0.461. The van der Waals surface area contributed by atoms with Crippen LogP contribution in [0.15, 0.2) is 42.9 Å². The number of aromatic nitrogens is 3. The third-order valence-corrected chi connectivity index (χ3v) is 8.76. The van der Waals surface area contributed by atoms with Crippen LogP contribution in [0.3, 0.4) is 0 Å². The summed E-state index contributed by atoms with van der Waals surface area (Å²) in [5.41, 5.74) is 2.94. The lowest BCUT2D eigenvalue weighted by Crippen LogP contribution is -2.64. The van der Waals surface area contributed by atoms with Crippen LogP contribution in [0.2, 0.25) is 5.02 Å². The lowest BCUT2D eigenvalue weighted by molar-refractivity contribution is -0.124. The highest BCUT2D eigenvalue weighted by Gasteiger charge is 2.58. The fourth-order valence-electron chi connectivity index (χ4n) is 6.41. The number of rotatable bonds is 6. The van der Waals surface area contributed by atoms with Gasteiger partial charge in [0.05, 0.1) is 22.5 Å². The van der Waals surface area contributed by atoms with Crippen LogP contribution in [-0.4, -0.2) is 52.3 Å². The van der Waals surface area contributed by atoms with Crippen LogP contribution in [-0.2, 0) is 17.3 Å². The number of nitrogens with one attached hydrogen (secondary N) is 1. The van der Waals surface area contributed by atoms with Gasteiger partial charge >= 0.3 is 0 Å². The van der Waals surface area contributed by atoms with Gasteiger partial charge in [0.25, 0.3) is 12.3 Å². The van der Waals surface area contributed by atoms with E-state index in [1.165, 1.54) is 6.07 Å². The molecule has 210 valence electrons. The normalized spacial score (nSPS) is 21.6. The zero-order valence-electron chi connectivity index (χ0n) is 22.4. The first-order chi connectivity index (χ1) is 19.1. The van der Waals surface area contributed by atoms with Crippen LogP contribution in [0, 0.1) is 12.8 Å². The van der Waals surface area contributed by atoms with Gasteiger partial charge in [-0.3, -0.25) is 19.3 Å². The smallest absolute Gasteiger partial charge is 0.281 e. The molecule has 2 aliphatic heterocycles. The third-order valence-electron chi connectivity index (χ3n) is 8.55. The summed E-state index contributed by atoms with van der Waals surface area (Å²) in [6.07, 6.45) is 5.10. The predicted octanol–water partition coefficient (Wildman–Crippen LogP) is 4.81. The zero-order chi connectivity index (χ0) is 28.2. The van der Waals surface area contributed by atoms with Crippen molar-refractivity contribution in [3.05, 3.63) is 70.3 Å². The van der Waals surface area contributed by atoms with Gasteiger partial charge in [0, 0.05) is 50.8 Å². The number of hydrogen-bond acceptors (Lipinski definition) is 5. The molecule has 11 heteroatoms. The van der Waals surface area contributed by atoms with E-state index in [2.05, 4.69) is 45.4 Å². The van der Waals surface area contributed by atoms with Gasteiger partial charge in [0.15, 0.2) is 0 Å². The molecule has 1 saturated carbocycles. The summed E-state index contributed by atoms with van der Waals surface area (Å²) >= 11 is 5.91. The molecular weight excluding hydrogens is 538 g/mol. The summed E-state index contributed by atoms with van der Waals surface area (Å²) in [6.45, 7) is 3.93. The average Bonchev–Trinajstić information content (AvgIpc) is 3.42. The van der Waals surface area contributed by atoms with E-state index < -0.39 is 23.4 Å². The van der Waals surface area contributed by atoms with Gasteiger partial charge in [-0.1, -0.05) is 29.3 Å². The van der Waals surface area contributed by atoms with E-state index in [0.29, 0.717) is 32.5 Å². The molecule has 2 fully saturated rings. The first-order valence-electron chi connectivity index (χ1n) is 13.6. The molecule has 1 aromatic carbocycles. The molecule has 2 amide bonds. The number of benzene rings is 1. The maximum atomic E-state index is 14.0. The number of anilines is 2. The molecule has 0 atom stereocenters. The molecule has 1 saturated heterocycles. The number of halogens is 3. The lowest BCUT2D eigenvalue weighted by Gasteiger charge is -2.47. The van der Waals surface area contributed by atoms with E-state index in [-0.39, 0.29) is 28.5 Å². The van der Waals surface area contributed by atoms with E-state index in [0.717, 1.165) is 41.5 Å². The van der Waals surface area contributed by atoms with Crippen molar-refractivity contribution in [1.82, 2.24) is 20.1 Å². The minimum atomic E-state index is -2.87. The number of pyridine rings is 1. The Bertz CT molecular complexity index is 1460. The van der Waals surface area contributed by atoms with Crippen LogP contribution in [0.1, 0.15) is 59.3 Å². The standard InChI is InChI=1S/C29H31ClF2N6O2/c1-17-3-8-24-23(9-17)29(15-37(16-29)21-12-34-36(2)14-21)28(40)38(24)13-18-4-6-20(7-5-18)35-27(39)22-10-19(30)11-33-25(22)26(31)32/h3,8-12,14,18,20,26H,4-7,13,15-16H2,1-2H3,(H,35,39)/t18-,20-. The van der Waals surface area contributed by atoms with Crippen molar-refractivity contribution >= 4 is 34.8 Å². The molecule has 6 rings (SSSR count). The van der Waals surface area contributed by atoms with Crippen molar-refractivity contribution in [3.8, 4) is 0 Å². The highest BCUT2D eigenvalue weighted by Crippen LogP contribution is 2.49. The summed E-state index contributed by atoms with van der Waals surface area (Å²) in [5, 5.41) is 7.30. The Kier molecular flexibility index (Phi) is 6.76. The Balaban J connectivity index is 1.11. The largest absolute Gasteiger partial charge is 0.366 e.